The van der Waals surface area contributed by atoms with Gasteiger partial charge in [0.25, 0.3) is 0 Å². The molecule has 1 aromatic heterocycles. The summed E-state index contributed by atoms with van der Waals surface area (Å²) in [5, 5.41) is 0. The van der Waals surface area contributed by atoms with Crippen LogP contribution in [0.1, 0.15) is 16.1 Å². The molecule has 0 aliphatic carbocycles. The number of pyridine rings is 1. The molecule has 2 aromatic rings. The first-order valence-corrected chi connectivity index (χ1v) is 5.38. The largest absolute Gasteiger partial charge is 0.433 e. The zero-order valence-electron chi connectivity index (χ0n) is 9.72. The number of nitrogen functional groups attached to an aromatic ring is 1. The van der Waals surface area contributed by atoms with E-state index in [9.17, 15) is 13.6 Å². The van der Waals surface area contributed by atoms with E-state index >= 15 is 0 Å². The van der Waals surface area contributed by atoms with Gasteiger partial charge in [0.15, 0.2) is 0 Å². The number of rotatable bonds is 4. The van der Waals surface area contributed by atoms with Crippen LogP contribution in [-0.2, 0) is 0 Å². The minimum absolute atomic E-state index is 0.0397. The molecule has 0 saturated carbocycles. The van der Waals surface area contributed by atoms with E-state index in [1.54, 1.807) is 12.1 Å². The van der Waals surface area contributed by atoms with E-state index in [0.29, 0.717) is 0 Å². The van der Waals surface area contributed by atoms with Crippen molar-refractivity contribution in [3.63, 3.8) is 0 Å². The second-order valence-corrected chi connectivity index (χ2v) is 3.68. The lowest BCUT2D eigenvalue weighted by Crippen LogP contribution is -2.08. The Labute approximate surface area is 107 Å². The maximum absolute atomic E-state index is 12.2. The summed E-state index contributed by atoms with van der Waals surface area (Å²) < 4.78 is 28.6. The van der Waals surface area contributed by atoms with Crippen LogP contribution >= 0.6 is 0 Å². The third-order valence-electron chi connectivity index (χ3n) is 2.39. The van der Waals surface area contributed by atoms with Gasteiger partial charge in [-0.2, -0.15) is 8.78 Å². The van der Waals surface area contributed by atoms with Crippen LogP contribution in [0.5, 0.6) is 5.75 Å². The second-order valence-electron chi connectivity index (χ2n) is 3.68. The average Bonchev–Trinajstić information content (AvgIpc) is 2.41. The number of ketones is 1. The van der Waals surface area contributed by atoms with E-state index in [-0.39, 0.29) is 28.5 Å². The maximum atomic E-state index is 12.2. The van der Waals surface area contributed by atoms with Gasteiger partial charge in [0.05, 0.1) is 5.69 Å². The molecule has 0 bridgehead atoms. The predicted molar refractivity (Wildman–Crippen MR) is 65.2 cm³/mol. The van der Waals surface area contributed by atoms with Crippen LogP contribution in [-0.4, -0.2) is 17.4 Å². The molecule has 1 heterocycles. The minimum Gasteiger partial charge on any atom is -0.433 e. The third-order valence-corrected chi connectivity index (χ3v) is 2.39. The Morgan fingerprint density at radius 3 is 2.68 bits per heavy atom. The lowest BCUT2D eigenvalue weighted by molar-refractivity contribution is -0.0493. The van der Waals surface area contributed by atoms with Crippen LogP contribution in [0.15, 0.2) is 42.6 Å². The van der Waals surface area contributed by atoms with Crippen molar-refractivity contribution in [1.29, 1.82) is 0 Å². The number of hydrogen-bond donors (Lipinski definition) is 1. The highest BCUT2D eigenvalue weighted by Gasteiger charge is 2.14. The standard InChI is InChI=1S/C13H10F2N2O2/c14-13(15)19-11-7-8(4-5-9(11)16)12(18)10-3-1-2-6-17-10/h1-7,13H,16H2. The van der Waals surface area contributed by atoms with Crippen LogP contribution in [0.4, 0.5) is 14.5 Å². The van der Waals surface area contributed by atoms with Gasteiger partial charge in [0.2, 0.25) is 5.78 Å². The van der Waals surface area contributed by atoms with Crippen LogP contribution in [0, 0.1) is 0 Å². The Morgan fingerprint density at radius 1 is 1.26 bits per heavy atom. The summed E-state index contributed by atoms with van der Waals surface area (Å²) >= 11 is 0. The molecule has 4 nitrogen and oxygen atoms in total. The van der Waals surface area contributed by atoms with Gasteiger partial charge in [-0.05, 0) is 30.3 Å². The molecule has 2 rings (SSSR count). The lowest BCUT2D eigenvalue weighted by Gasteiger charge is -2.09. The fraction of sp³-hybridized carbons (Fsp3) is 0.0769. The van der Waals surface area contributed by atoms with E-state index in [4.69, 9.17) is 5.73 Å². The zero-order chi connectivity index (χ0) is 13.8. The Bertz CT molecular complexity index is 588. The van der Waals surface area contributed by atoms with Gasteiger partial charge in [-0.25, -0.2) is 0 Å². The van der Waals surface area contributed by atoms with Crippen LogP contribution in [0.2, 0.25) is 0 Å². The fourth-order valence-corrected chi connectivity index (χ4v) is 1.52. The first-order chi connectivity index (χ1) is 9.08. The number of nitrogens with zero attached hydrogens (tertiary/aromatic N) is 1. The highest BCUT2D eigenvalue weighted by atomic mass is 19.3. The molecule has 19 heavy (non-hydrogen) atoms. The quantitative estimate of drug-likeness (QED) is 0.680. The molecule has 0 saturated heterocycles. The summed E-state index contributed by atoms with van der Waals surface area (Å²) in [7, 11) is 0. The van der Waals surface area contributed by atoms with E-state index in [0.717, 1.165) is 0 Å². The number of aromatic nitrogens is 1. The monoisotopic (exact) mass is 264 g/mol. The van der Waals surface area contributed by atoms with Crippen LogP contribution in [0.25, 0.3) is 0 Å². The number of nitrogens with two attached hydrogens (primary N) is 1. The third kappa shape index (κ3) is 3.04. The van der Waals surface area contributed by atoms with Crippen molar-refractivity contribution in [1.82, 2.24) is 4.98 Å². The van der Waals surface area contributed by atoms with Gasteiger partial charge in [0.1, 0.15) is 11.4 Å². The van der Waals surface area contributed by atoms with Crippen molar-refractivity contribution in [3.8, 4) is 5.75 Å². The van der Waals surface area contributed by atoms with Gasteiger partial charge >= 0.3 is 6.61 Å². The fourth-order valence-electron chi connectivity index (χ4n) is 1.52. The minimum atomic E-state index is -3.00. The smallest absolute Gasteiger partial charge is 0.387 e. The topological polar surface area (TPSA) is 65.2 Å². The second kappa shape index (κ2) is 5.43. The van der Waals surface area contributed by atoms with Crippen molar-refractivity contribution >= 4 is 11.5 Å². The van der Waals surface area contributed by atoms with E-state index in [2.05, 4.69) is 9.72 Å². The number of hydrogen-bond acceptors (Lipinski definition) is 4. The van der Waals surface area contributed by atoms with Gasteiger partial charge in [-0.1, -0.05) is 6.07 Å². The number of benzene rings is 1. The first-order valence-electron chi connectivity index (χ1n) is 5.38. The zero-order valence-corrected chi connectivity index (χ0v) is 9.72. The Balaban J connectivity index is 2.33. The molecule has 0 atom stereocenters. The summed E-state index contributed by atoms with van der Waals surface area (Å²) in [6, 6.07) is 8.82. The van der Waals surface area contributed by atoms with Crippen molar-refractivity contribution in [2.45, 2.75) is 6.61 Å². The molecule has 2 N–H and O–H groups in total. The normalized spacial score (nSPS) is 10.5. The highest BCUT2D eigenvalue weighted by Crippen LogP contribution is 2.25. The van der Waals surface area contributed by atoms with Gasteiger partial charge in [-0.15, -0.1) is 0 Å². The lowest BCUT2D eigenvalue weighted by atomic mass is 10.1. The molecule has 0 fully saturated rings. The first kappa shape index (κ1) is 12.9. The molecule has 0 aliphatic rings. The molecule has 0 amide bonds. The summed E-state index contributed by atoms with van der Waals surface area (Å²) in [6.07, 6.45) is 1.47. The van der Waals surface area contributed by atoms with Crippen molar-refractivity contribution in [3.05, 3.63) is 53.9 Å². The molecule has 0 radical (unpaired) electrons. The number of halogens is 2. The predicted octanol–water partition coefficient (Wildman–Crippen LogP) is 2.50. The maximum Gasteiger partial charge on any atom is 0.387 e. The Kier molecular flexibility index (Phi) is 3.70. The van der Waals surface area contributed by atoms with Gasteiger partial charge in [0, 0.05) is 11.8 Å². The summed E-state index contributed by atoms with van der Waals surface area (Å²) in [5.74, 6) is -0.614. The number of ether oxygens (including phenoxy) is 1. The van der Waals surface area contributed by atoms with Crippen LogP contribution < -0.4 is 10.5 Å². The molecule has 98 valence electrons. The van der Waals surface area contributed by atoms with E-state index < -0.39 is 6.61 Å². The SMILES string of the molecule is Nc1ccc(C(=O)c2ccccn2)cc1OC(F)F. The molecular formula is C13H10F2N2O2. The van der Waals surface area contributed by atoms with Crippen molar-refractivity contribution in [2.75, 3.05) is 5.73 Å². The number of anilines is 1. The van der Waals surface area contributed by atoms with Crippen LogP contribution in [0.3, 0.4) is 0 Å². The summed E-state index contributed by atoms with van der Waals surface area (Å²) in [5.41, 5.74) is 5.93. The van der Waals surface area contributed by atoms with E-state index in [1.165, 1.54) is 30.5 Å². The molecule has 1 aromatic carbocycles. The van der Waals surface area contributed by atoms with Gasteiger partial charge < -0.3 is 10.5 Å². The van der Waals surface area contributed by atoms with Crippen molar-refractivity contribution in [2.24, 2.45) is 0 Å². The summed E-state index contributed by atoms with van der Waals surface area (Å²) in [4.78, 5) is 15.9. The Hall–Kier alpha value is -2.50. The van der Waals surface area contributed by atoms with Crippen molar-refractivity contribution < 1.29 is 18.3 Å². The number of carbonyl (C=O) groups is 1. The van der Waals surface area contributed by atoms with Gasteiger partial charge in [-0.3, -0.25) is 9.78 Å². The Morgan fingerprint density at radius 2 is 2.05 bits per heavy atom. The summed E-state index contributed by atoms with van der Waals surface area (Å²) in [6.45, 7) is -3.00. The van der Waals surface area contributed by atoms with E-state index in [1.807, 2.05) is 0 Å². The highest BCUT2D eigenvalue weighted by molar-refractivity contribution is 6.08. The number of alkyl halides is 2. The number of carbonyl (C=O) groups excluding carboxylic acids is 1. The molecule has 0 aliphatic heterocycles. The molecule has 6 heteroatoms. The molecule has 0 spiro atoms. The molecule has 0 unspecified atom stereocenters. The average molecular weight is 264 g/mol. The molecular weight excluding hydrogens is 254 g/mol.